The van der Waals surface area contributed by atoms with Gasteiger partial charge in [-0.05, 0) is 23.8 Å². The second-order valence-corrected chi connectivity index (χ2v) is 3.52. The van der Waals surface area contributed by atoms with Crippen molar-refractivity contribution in [3.05, 3.63) is 65.5 Å². The highest BCUT2D eigenvalue weighted by atomic mass is 16.4. The Kier molecular flexibility index (Phi) is 3.31. The van der Waals surface area contributed by atoms with Gasteiger partial charge in [0.2, 0.25) is 0 Å². The molecular formula is C14H11NO2. The summed E-state index contributed by atoms with van der Waals surface area (Å²) < 4.78 is 0. The van der Waals surface area contributed by atoms with Crippen molar-refractivity contribution in [1.29, 1.82) is 0 Å². The third-order valence-electron chi connectivity index (χ3n) is 2.28. The molecular weight excluding hydrogens is 214 g/mol. The molecule has 0 amide bonds. The van der Waals surface area contributed by atoms with Crippen LogP contribution in [0.2, 0.25) is 0 Å². The molecule has 0 unspecified atom stereocenters. The van der Waals surface area contributed by atoms with Crippen molar-refractivity contribution in [2.45, 2.75) is 0 Å². The summed E-state index contributed by atoms with van der Waals surface area (Å²) in [6.07, 6.45) is 5.14. The van der Waals surface area contributed by atoms with E-state index in [0.717, 1.165) is 11.3 Å². The van der Waals surface area contributed by atoms with Gasteiger partial charge in [0.1, 0.15) is 0 Å². The Morgan fingerprint density at radius 1 is 1.06 bits per heavy atom. The largest absolute Gasteiger partial charge is 0.478 e. The molecule has 0 atom stereocenters. The molecule has 3 heteroatoms. The summed E-state index contributed by atoms with van der Waals surface area (Å²) in [5.74, 6) is -0.962. The number of aromatic carboxylic acids is 1. The monoisotopic (exact) mass is 225 g/mol. The topological polar surface area (TPSA) is 50.2 Å². The Morgan fingerprint density at radius 2 is 1.82 bits per heavy atom. The third-order valence-corrected chi connectivity index (χ3v) is 2.28. The van der Waals surface area contributed by atoms with Crippen molar-refractivity contribution in [1.82, 2.24) is 4.98 Å². The van der Waals surface area contributed by atoms with Crippen molar-refractivity contribution < 1.29 is 9.90 Å². The van der Waals surface area contributed by atoms with Crippen LogP contribution in [-0.2, 0) is 0 Å². The lowest BCUT2D eigenvalue weighted by molar-refractivity contribution is 0.0696. The molecule has 3 nitrogen and oxygen atoms in total. The van der Waals surface area contributed by atoms with Crippen LogP contribution in [0.5, 0.6) is 0 Å². The quantitative estimate of drug-likeness (QED) is 0.873. The highest BCUT2D eigenvalue weighted by Crippen LogP contribution is 2.07. The standard InChI is InChI=1S/C14H11NO2/c16-14(17)12-7-9-13(15-10-12)8-6-11-4-2-1-3-5-11/h1-10H,(H,16,17). The molecule has 84 valence electrons. The number of aromatic nitrogens is 1. The Labute approximate surface area is 99.1 Å². The third kappa shape index (κ3) is 3.01. The SMILES string of the molecule is O=C(O)c1ccc(C=Cc2ccccc2)nc1. The van der Waals surface area contributed by atoms with Crippen LogP contribution >= 0.6 is 0 Å². The molecule has 1 N–H and O–H groups in total. The molecule has 0 spiro atoms. The maximum absolute atomic E-state index is 10.6. The van der Waals surface area contributed by atoms with E-state index in [0.29, 0.717) is 0 Å². The van der Waals surface area contributed by atoms with Crippen LogP contribution in [-0.4, -0.2) is 16.1 Å². The van der Waals surface area contributed by atoms with Gasteiger partial charge in [0.15, 0.2) is 0 Å². The van der Waals surface area contributed by atoms with E-state index < -0.39 is 5.97 Å². The van der Waals surface area contributed by atoms with Gasteiger partial charge in [-0.15, -0.1) is 0 Å². The van der Waals surface area contributed by atoms with Gasteiger partial charge in [-0.25, -0.2) is 4.79 Å². The van der Waals surface area contributed by atoms with Crippen molar-refractivity contribution in [3.8, 4) is 0 Å². The molecule has 1 heterocycles. The number of hydrogen-bond donors (Lipinski definition) is 1. The first-order chi connectivity index (χ1) is 8.25. The van der Waals surface area contributed by atoms with Crippen LogP contribution in [0.1, 0.15) is 21.6 Å². The minimum Gasteiger partial charge on any atom is -0.478 e. The maximum Gasteiger partial charge on any atom is 0.337 e. The molecule has 0 aliphatic rings. The molecule has 0 bridgehead atoms. The zero-order valence-corrected chi connectivity index (χ0v) is 9.08. The van der Waals surface area contributed by atoms with Gasteiger partial charge in [0, 0.05) is 6.20 Å². The number of pyridine rings is 1. The van der Waals surface area contributed by atoms with Crippen molar-refractivity contribution in [2.75, 3.05) is 0 Å². The van der Waals surface area contributed by atoms with E-state index >= 15 is 0 Å². The van der Waals surface area contributed by atoms with Crippen molar-refractivity contribution >= 4 is 18.1 Å². The molecule has 0 saturated heterocycles. The van der Waals surface area contributed by atoms with E-state index in [-0.39, 0.29) is 5.56 Å². The number of carboxylic acids is 1. The fourth-order valence-electron chi connectivity index (χ4n) is 1.38. The average molecular weight is 225 g/mol. The number of nitrogens with zero attached hydrogens (tertiary/aromatic N) is 1. The van der Waals surface area contributed by atoms with Crippen LogP contribution in [0, 0.1) is 0 Å². The minimum absolute atomic E-state index is 0.196. The van der Waals surface area contributed by atoms with Crippen LogP contribution in [0.3, 0.4) is 0 Å². The maximum atomic E-state index is 10.6. The zero-order valence-electron chi connectivity index (χ0n) is 9.08. The second kappa shape index (κ2) is 5.07. The molecule has 1 aromatic heterocycles. The summed E-state index contributed by atoms with van der Waals surface area (Å²) >= 11 is 0. The number of hydrogen-bond acceptors (Lipinski definition) is 2. The summed E-state index contributed by atoms with van der Waals surface area (Å²) in [5.41, 5.74) is 2.01. The molecule has 0 fully saturated rings. The molecule has 0 aliphatic heterocycles. The first kappa shape index (κ1) is 11.1. The fraction of sp³-hybridized carbons (Fsp3) is 0. The van der Waals surface area contributed by atoms with Gasteiger partial charge in [0.25, 0.3) is 0 Å². The Balaban J connectivity index is 2.14. The van der Waals surface area contributed by atoms with Crippen LogP contribution in [0.15, 0.2) is 48.7 Å². The molecule has 0 saturated carbocycles. The van der Waals surface area contributed by atoms with Gasteiger partial charge in [0.05, 0.1) is 11.3 Å². The predicted molar refractivity (Wildman–Crippen MR) is 66.6 cm³/mol. The second-order valence-electron chi connectivity index (χ2n) is 3.52. The molecule has 0 aliphatic carbocycles. The van der Waals surface area contributed by atoms with E-state index in [1.165, 1.54) is 6.20 Å². The van der Waals surface area contributed by atoms with E-state index in [1.54, 1.807) is 12.1 Å². The summed E-state index contributed by atoms with van der Waals surface area (Å²) in [6, 6.07) is 13.1. The van der Waals surface area contributed by atoms with Gasteiger partial charge < -0.3 is 5.11 Å². The highest BCUT2D eigenvalue weighted by Gasteiger charge is 2.00. The van der Waals surface area contributed by atoms with Gasteiger partial charge >= 0.3 is 5.97 Å². The Bertz CT molecular complexity index is 530. The van der Waals surface area contributed by atoms with E-state index in [1.807, 2.05) is 42.5 Å². The summed E-state index contributed by atoms with van der Waals surface area (Å²) in [6.45, 7) is 0. The molecule has 0 radical (unpaired) electrons. The molecule has 2 rings (SSSR count). The molecule has 2 aromatic rings. The first-order valence-corrected chi connectivity index (χ1v) is 5.18. The lowest BCUT2D eigenvalue weighted by Gasteiger charge is -1.95. The summed E-state index contributed by atoms with van der Waals surface area (Å²) in [5, 5.41) is 8.73. The van der Waals surface area contributed by atoms with Crippen molar-refractivity contribution in [3.63, 3.8) is 0 Å². The smallest absolute Gasteiger partial charge is 0.337 e. The number of carbonyl (C=O) groups is 1. The highest BCUT2D eigenvalue weighted by molar-refractivity contribution is 5.87. The van der Waals surface area contributed by atoms with Crippen LogP contribution in [0.25, 0.3) is 12.2 Å². The van der Waals surface area contributed by atoms with Crippen LogP contribution < -0.4 is 0 Å². The minimum atomic E-state index is -0.962. The lowest BCUT2D eigenvalue weighted by Crippen LogP contribution is -1.96. The first-order valence-electron chi connectivity index (χ1n) is 5.18. The van der Waals surface area contributed by atoms with Gasteiger partial charge in [-0.2, -0.15) is 0 Å². The van der Waals surface area contributed by atoms with Crippen LogP contribution in [0.4, 0.5) is 0 Å². The number of rotatable bonds is 3. The van der Waals surface area contributed by atoms with Gasteiger partial charge in [-0.1, -0.05) is 36.4 Å². The van der Waals surface area contributed by atoms with E-state index in [2.05, 4.69) is 4.98 Å². The number of benzene rings is 1. The zero-order chi connectivity index (χ0) is 12.1. The summed E-state index contributed by atoms with van der Waals surface area (Å²) in [4.78, 5) is 14.7. The molecule has 17 heavy (non-hydrogen) atoms. The van der Waals surface area contributed by atoms with Gasteiger partial charge in [-0.3, -0.25) is 4.98 Å². The number of carboxylic acid groups (broad SMARTS) is 1. The van der Waals surface area contributed by atoms with Crippen molar-refractivity contribution in [2.24, 2.45) is 0 Å². The van der Waals surface area contributed by atoms with E-state index in [4.69, 9.17) is 5.11 Å². The summed E-state index contributed by atoms with van der Waals surface area (Å²) in [7, 11) is 0. The molecule has 1 aromatic carbocycles. The Hall–Kier alpha value is -2.42. The predicted octanol–water partition coefficient (Wildman–Crippen LogP) is 2.95. The lowest BCUT2D eigenvalue weighted by atomic mass is 10.2. The average Bonchev–Trinajstić information content (AvgIpc) is 2.38. The fourth-order valence-corrected chi connectivity index (χ4v) is 1.38. The normalized spacial score (nSPS) is 10.6. The Morgan fingerprint density at radius 3 is 2.41 bits per heavy atom. The van der Waals surface area contributed by atoms with E-state index in [9.17, 15) is 4.79 Å².